The predicted octanol–water partition coefficient (Wildman–Crippen LogP) is 2.37. The van der Waals surface area contributed by atoms with Crippen LogP contribution in [0.15, 0.2) is 36.4 Å². The molecule has 0 unspecified atom stereocenters. The first kappa shape index (κ1) is 18.9. The third kappa shape index (κ3) is 5.85. The van der Waals surface area contributed by atoms with E-state index in [9.17, 15) is 4.79 Å². The number of likely N-dealkylation sites (tertiary alicyclic amines) is 1. The zero-order valence-electron chi connectivity index (χ0n) is 15.9. The van der Waals surface area contributed by atoms with Gasteiger partial charge in [-0.05, 0) is 37.9 Å². The van der Waals surface area contributed by atoms with Crippen LogP contribution in [0.5, 0.6) is 0 Å². The fourth-order valence-corrected chi connectivity index (χ4v) is 3.82. The van der Waals surface area contributed by atoms with Crippen LogP contribution in [0.1, 0.15) is 18.4 Å². The first-order valence-corrected chi connectivity index (χ1v) is 9.86. The number of carbonyl (C=O) groups is 1. The number of carbonyl (C=O) groups excluding carboxylic acids is 1. The summed E-state index contributed by atoms with van der Waals surface area (Å²) in [4.78, 5) is 19.1. The SMILES string of the molecule is CN1CCC[C@@H](CNC(=O)N2CCN(C/C=C/c3ccccc3)CC2)C1. The molecule has 0 radical (unpaired) electrons. The molecule has 1 aromatic rings. The van der Waals surface area contributed by atoms with Gasteiger partial charge in [-0.25, -0.2) is 4.79 Å². The lowest BCUT2D eigenvalue weighted by Crippen LogP contribution is -2.52. The van der Waals surface area contributed by atoms with Crippen LogP contribution in [0.25, 0.3) is 6.08 Å². The van der Waals surface area contributed by atoms with E-state index in [2.05, 4.69) is 58.6 Å². The fourth-order valence-electron chi connectivity index (χ4n) is 3.82. The Morgan fingerprint density at radius 3 is 2.65 bits per heavy atom. The topological polar surface area (TPSA) is 38.8 Å². The van der Waals surface area contributed by atoms with Crippen molar-refractivity contribution >= 4 is 12.1 Å². The number of rotatable bonds is 5. The number of nitrogens with zero attached hydrogens (tertiary/aromatic N) is 3. The third-order valence-electron chi connectivity index (χ3n) is 5.40. The molecule has 2 aliphatic heterocycles. The Morgan fingerprint density at radius 1 is 1.15 bits per heavy atom. The lowest BCUT2D eigenvalue weighted by Gasteiger charge is -2.35. The highest BCUT2D eigenvalue weighted by Crippen LogP contribution is 2.14. The standard InChI is InChI=1S/C21H32N4O/c1-23-11-5-10-20(18-23)17-22-21(26)25-15-13-24(14-16-25)12-6-9-19-7-3-2-4-8-19/h2-4,6-9,20H,5,10-18H2,1H3,(H,22,26)/b9-6+/t20-/m0/s1. The van der Waals surface area contributed by atoms with Gasteiger partial charge in [-0.1, -0.05) is 42.5 Å². The Morgan fingerprint density at radius 2 is 1.92 bits per heavy atom. The van der Waals surface area contributed by atoms with Crippen molar-refractivity contribution < 1.29 is 4.79 Å². The van der Waals surface area contributed by atoms with Crippen molar-refractivity contribution in [3.8, 4) is 0 Å². The summed E-state index contributed by atoms with van der Waals surface area (Å²) in [7, 11) is 2.17. The van der Waals surface area contributed by atoms with Crippen LogP contribution in [0.3, 0.4) is 0 Å². The summed E-state index contributed by atoms with van der Waals surface area (Å²) < 4.78 is 0. The van der Waals surface area contributed by atoms with Crippen LogP contribution in [0, 0.1) is 5.92 Å². The number of urea groups is 1. The number of hydrogen-bond donors (Lipinski definition) is 1. The molecule has 2 heterocycles. The van der Waals surface area contributed by atoms with E-state index in [1.54, 1.807) is 0 Å². The zero-order valence-corrected chi connectivity index (χ0v) is 15.9. The Kier molecular flexibility index (Phi) is 7.09. The molecule has 1 aromatic carbocycles. The van der Waals surface area contributed by atoms with Gasteiger partial charge in [0.1, 0.15) is 0 Å². The lowest BCUT2D eigenvalue weighted by molar-refractivity contribution is 0.143. The third-order valence-corrected chi connectivity index (χ3v) is 5.40. The summed E-state index contributed by atoms with van der Waals surface area (Å²) >= 11 is 0. The molecular weight excluding hydrogens is 324 g/mol. The minimum atomic E-state index is 0.109. The summed E-state index contributed by atoms with van der Waals surface area (Å²) in [6.45, 7) is 7.55. The quantitative estimate of drug-likeness (QED) is 0.880. The number of piperidine rings is 1. The molecule has 26 heavy (non-hydrogen) atoms. The maximum absolute atomic E-state index is 12.4. The monoisotopic (exact) mass is 356 g/mol. The molecule has 1 N–H and O–H groups in total. The molecule has 0 bridgehead atoms. The van der Waals surface area contributed by atoms with Gasteiger partial charge in [0.2, 0.25) is 0 Å². The second kappa shape index (κ2) is 9.74. The average Bonchev–Trinajstić information content (AvgIpc) is 2.68. The molecule has 0 spiro atoms. The summed E-state index contributed by atoms with van der Waals surface area (Å²) in [6.07, 6.45) is 6.85. The molecule has 5 heteroatoms. The first-order chi connectivity index (χ1) is 12.7. The molecule has 5 nitrogen and oxygen atoms in total. The maximum Gasteiger partial charge on any atom is 0.317 e. The largest absolute Gasteiger partial charge is 0.338 e. The Hall–Kier alpha value is -1.85. The molecule has 1 atom stereocenters. The molecule has 2 saturated heterocycles. The summed E-state index contributed by atoms with van der Waals surface area (Å²) in [5.74, 6) is 0.599. The van der Waals surface area contributed by atoms with Crippen molar-refractivity contribution in [2.75, 3.05) is 59.4 Å². The molecule has 0 aromatic heterocycles. The highest BCUT2D eigenvalue weighted by molar-refractivity contribution is 5.74. The summed E-state index contributed by atoms with van der Waals surface area (Å²) in [6, 6.07) is 10.5. The van der Waals surface area contributed by atoms with Crippen molar-refractivity contribution in [1.82, 2.24) is 20.0 Å². The number of benzene rings is 1. The molecule has 142 valence electrons. The van der Waals surface area contributed by atoms with Crippen LogP contribution in [-0.2, 0) is 0 Å². The van der Waals surface area contributed by atoms with Crippen LogP contribution in [0.2, 0.25) is 0 Å². The van der Waals surface area contributed by atoms with E-state index in [1.807, 2.05) is 11.0 Å². The summed E-state index contributed by atoms with van der Waals surface area (Å²) in [5.41, 5.74) is 1.24. The van der Waals surface area contributed by atoms with Crippen molar-refractivity contribution in [1.29, 1.82) is 0 Å². The van der Waals surface area contributed by atoms with E-state index < -0.39 is 0 Å². The van der Waals surface area contributed by atoms with E-state index in [1.165, 1.54) is 24.9 Å². The van der Waals surface area contributed by atoms with E-state index in [-0.39, 0.29) is 6.03 Å². The Labute approximate surface area is 157 Å². The second-order valence-electron chi connectivity index (χ2n) is 7.56. The van der Waals surface area contributed by atoms with Crippen molar-refractivity contribution in [3.63, 3.8) is 0 Å². The van der Waals surface area contributed by atoms with Gasteiger partial charge in [0.25, 0.3) is 0 Å². The summed E-state index contributed by atoms with van der Waals surface area (Å²) in [5, 5.41) is 3.15. The van der Waals surface area contributed by atoms with Gasteiger partial charge in [-0.2, -0.15) is 0 Å². The van der Waals surface area contributed by atoms with Gasteiger partial charge in [0, 0.05) is 45.8 Å². The number of nitrogens with one attached hydrogen (secondary N) is 1. The number of piperazine rings is 1. The Balaban J connectivity index is 1.34. The van der Waals surface area contributed by atoms with Gasteiger partial charge in [-0.15, -0.1) is 0 Å². The van der Waals surface area contributed by atoms with Crippen LogP contribution >= 0.6 is 0 Å². The van der Waals surface area contributed by atoms with E-state index >= 15 is 0 Å². The highest BCUT2D eigenvalue weighted by Gasteiger charge is 2.22. The predicted molar refractivity (Wildman–Crippen MR) is 107 cm³/mol. The normalized spacial score (nSPS) is 22.7. The smallest absolute Gasteiger partial charge is 0.317 e. The first-order valence-electron chi connectivity index (χ1n) is 9.86. The van der Waals surface area contributed by atoms with Gasteiger partial charge >= 0.3 is 6.03 Å². The van der Waals surface area contributed by atoms with Gasteiger partial charge in [0.05, 0.1) is 0 Å². The van der Waals surface area contributed by atoms with Crippen molar-refractivity contribution in [2.24, 2.45) is 5.92 Å². The van der Waals surface area contributed by atoms with Crippen LogP contribution < -0.4 is 5.32 Å². The number of hydrogen-bond acceptors (Lipinski definition) is 3. The van der Waals surface area contributed by atoms with Gasteiger partial charge in [-0.3, -0.25) is 4.90 Å². The molecule has 0 aliphatic carbocycles. The van der Waals surface area contributed by atoms with Crippen molar-refractivity contribution in [3.05, 3.63) is 42.0 Å². The average molecular weight is 357 g/mol. The minimum absolute atomic E-state index is 0.109. The fraction of sp³-hybridized carbons (Fsp3) is 0.571. The second-order valence-corrected chi connectivity index (χ2v) is 7.56. The maximum atomic E-state index is 12.4. The highest BCUT2D eigenvalue weighted by atomic mass is 16.2. The molecule has 2 aliphatic rings. The molecule has 2 amide bonds. The van der Waals surface area contributed by atoms with E-state index in [4.69, 9.17) is 0 Å². The van der Waals surface area contributed by atoms with Crippen molar-refractivity contribution in [2.45, 2.75) is 12.8 Å². The van der Waals surface area contributed by atoms with E-state index in [0.29, 0.717) is 5.92 Å². The van der Waals surface area contributed by atoms with Gasteiger partial charge in [0.15, 0.2) is 0 Å². The zero-order chi connectivity index (χ0) is 18.2. The molecule has 3 rings (SSSR count). The molecular formula is C21H32N4O. The van der Waals surface area contributed by atoms with Crippen LogP contribution in [-0.4, -0.2) is 80.1 Å². The lowest BCUT2D eigenvalue weighted by atomic mass is 9.99. The molecule has 2 fully saturated rings. The van der Waals surface area contributed by atoms with Gasteiger partial charge < -0.3 is 15.1 Å². The Bertz CT molecular complexity index is 581. The molecule has 0 saturated carbocycles. The number of amides is 2. The minimum Gasteiger partial charge on any atom is -0.338 e. The van der Waals surface area contributed by atoms with E-state index in [0.717, 1.165) is 45.8 Å². The van der Waals surface area contributed by atoms with Crippen LogP contribution in [0.4, 0.5) is 4.79 Å².